The van der Waals surface area contributed by atoms with Gasteiger partial charge in [0.1, 0.15) is 5.75 Å². The van der Waals surface area contributed by atoms with Gasteiger partial charge in [-0.25, -0.2) is 0 Å². The van der Waals surface area contributed by atoms with Crippen molar-refractivity contribution in [2.45, 2.75) is 45.6 Å². The zero-order valence-corrected chi connectivity index (χ0v) is 18.8. The molecule has 6 heteroatoms. The number of nitrogens with zero attached hydrogens (tertiary/aromatic N) is 1. The van der Waals surface area contributed by atoms with Crippen molar-refractivity contribution in [1.29, 1.82) is 0 Å². The normalized spacial score (nSPS) is 15.3. The second kappa shape index (κ2) is 9.96. The van der Waals surface area contributed by atoms with Gasteiger partial charge in [-0.05, 0) is 41.7 Å². The number of hydrogen-bond acceptors (Lipinski definition) is 4. The van der Waals surface area contributed by atoms with E-state index in [-0.39, 0.29) is 17.2 Å². The number of hydrogen-bond donors (Lipinski definition) is 1. The molecule has 31 heavy (non-hydrogen) atoms. The van der Waals surface area contributed by atoms with Gasteiger partial charge in [-0.2, -0.15) is 0 Å². The van der Waals surface area contributed by atoms with E-state index in [1.807, 2.05) is 31.2 Å². The van der Waals surface area contributed by atoms with Crippen LogP contribution < -0.4 is 10.1 Å². The van der Waals surface area contributed by atoms with Crippen molar-refractivity contribution >= 4 is 17.5 Å². The third kappa shape index (κ3) is 5.85. The average molecular weight is 425 g/mol. The molecule has 1 atom stereocenters. The molecular weight excluding hydrogens is 392 g/mol. The van der Waals surface area contributed by atoms with Crippen molar-refractivity contribution in [2.24, 2.45) is 0 Å². The van der Waals surface area contributed by atoms with Crippen molar-refractivity contribution in [2.75, 3.05) is 31.6 Å². The van der Waals surface area contributed by atoms with Crippen LogP contribution in [-0.2, 0) is 14.9 Å². The first-order valence-electron chi connectivity index (χ1n) is 10.8. The highest BCUT2D eigenvalue weighted by Gasteiger charge is 2.24. The number of anilines is 1. The van der Waals surface area contributed by atoms with Crippen LogP contribution >= 0.6 is 0 Å². The Labute approximate surface area is 184 Å². The molecule has 1 aliphatic rings. The van der Waals surface area contributed by atoms with Crippen LogP contribution in [0.15, 0.2) is 48.5 Å². The molecule has 3 rings (SSSR count). The van der Waals surface area contributed by atoms with Gasteiger partial charge in [0.2, 0.25) is 0 Å². The highest BCUT2D eigenvalue weighted by molar-refractivity contribution is 6.04. The van der Waals surface area contributed by atoms with Crippen LogP contribution in [0.25, 0.3) is 0 Å². The number of carbonyl (C=O) groups is 2. The number of carbonyl (C=O) groups excluding carboxylic acids is 2. The van der Waals surface area contributed by atoms with Crippen LogP contribution in [0.2, 0.25) is 0 Å². The fourth-order valence-electron chi connectivity index (χ4n) is 3.45. The lowest BCUT2D eigenvalue weighted by Crippen LogP contribution is -2.41. The molecule has 2 amide bonds. The fourth-order valence-corrected chi connectivity index (χ4v) is 3.45. The summed E-state index contributed by atoms with van der Waals surface area (Å²) in [6, 6.07) is 14.9. The van der Waals surface area contributed by atoms with E-state index >= 15 is 0 Å². The summed E-state index contributed by atoms with van der Waals surface area (Å²) < 4.78 is 11.3. The van der Waals surface area contributed by atoms with E-state index in [1.165, 1.54) is 5.56 Å². The van der Waals surface area contributed by atoms with Crippen molar-refractivity contribution in [1.82, 2.24) is 4.90 Å². The predicted molar refractivity (Wildman–Crippen MR) is 122 cm³/mol. The van der Waals surface area contributed by atoms with Crippen molar-refractivity contribution in [3.8, 4) is 5.75 Å². The summed E-state index contributed by atoms with van der Waals surface area (Å²) >= 11 is 0. The summed E-state index contributed by atoms with van der Waals surface area (Å²) in [6.45, 7) is 10.5. The molecule has 1 N–H and O–H groups in total. The third-order valence-electron chi connectivity index (χ3n) is 5.38. The van der Waals surface area contributed by atoms with E-state index in [2.05, 4.69) is 26.1 Å². The van der Waals surface area contributed by atoms with Gasteiger partial charge in [0, 0.05) is 13.1 Å². The van der Waals surface area contributed by atoms with Gasteiger partial charge in [-0.15, -0.1) is 0 Å². The summed E-state index contributed by atoms with van der Waals surface area (Å²) in [5.41, 5.74) is 2.22. The number of para-hydroxylation sites is 1. The molecule has 0 aromatic heterocycles. The quantitative estimate of drug-likeness (QED) is 0.753. The molecule has 0 aliphatic carbocycles. The van der Waals surface area contributed by atoms with Gasteiger partial charge in [-0.3, -0.25) is 9.59 Å². The number of morpholine rings is 1. The minimum atomic E-state index is -0.660. The van der Waals surface area contributed by atoms with Gasteiger partial charge in [0.15, 0.2) is 6.10 Å². The van der Waals surface area contributed by atoms with Crippen molar-refractivity contribution in [3.05, 3.63) is 59.7 Å². The minimum Gasteiger partial charge on any atom is -0.481 e. The first kappa shape index (κ1) is 22.8. The number of amides is 2. The molecule has 0 saturated carbocycles. The Hall–Kier alpha value is -2.86. The van der Waals surface area contributed by atoms with Crippen LogP contribution in [0.4, 0.5) is 5.69 Å². The maximum Gasteiger partial charge on any atom is 0.265 e. The third-order valence-corrected chi connectivity index (χ3v) is 5.38. The second-order valence-electron chi connectivity index (χ2n) is 8.73. The highest BCUT2D eigenvalue weighted by atomic mass is 16.5. The molecule has 1 unspecified atom stereocenters. The Kier molecular flexibility index (Phi) is 7.33. The van der Waals surface area contributed by atoms with E-state index in [1.54, 1.807) is 29.2 Å². The Morgan fingerprint density at radius 2 is 1.71 bits per heavy atom. The highest BCUT2D eigenvalue weighted by Crippen LogP contribution is 2.25. The maximum absolute atomic E-state index is 12.9. The predicted octanol–water partition coefficient (Wildman–Crippen LogP) is 4.25. The van der Waals surface area contributed by atoms with E-state index in [0.717, 1.165) is 0 Å². The fraction of sp³-hybridized carbons (Fsp3) is 0.440. The van der Waals surface area contributed by atoms with Crippen LogP contribution in [-0.4, -0.2) is 49.1 Å². The van der Waals surface area contributed by atoms with Crippen LogP contribution in [0.5, 0.6) is 5.75 Å². The molecule has 1 aliphatic heterocycles. The summed E-state index contributed by atoms with van der Waals surface area (Å²) in [5.74, 6) is 0.267. The summed E-state index contributed by atoms with van der Waals surface area (Å²) in [5, 5.41) is 2.89. The first-order valence-corrected chi connectivity index (χ1v) is 10.8. The van der Waals surface area contributed by atoms with Crippen LogP contribution in [0.3, 0.4) is 0 Å². The lowest BCUT2D eigenvalue weighted by atomic mass is 9.87. The van der Waals surface area contributed by atoms with E-state index in [0.29, 0.717) is 49.7 Å². The molecule has 1 heterocycles. The number of ether oxygens (including phenoxy) is 2. The molecule has 0 bridgehead atoms. The lowest BCUT2D eigenvalue weighted by molar-refractivity contribution is -0.122. The summed E-state index contributed by atoms with van der Waals surface area (Å²) in [6.07, 6.45) is -0.154. The smallest absolute Gasteiger partial charge is 0.265 e. The molecule has 1 fully saturated rings. The molecule has 0 spiro atoms. The van der Waals surface area contributed by atoms with Crippen molar-refractivity contribution < 1.29 is 19.1 Å². The van der Waals surface area contributed by atoms with Crippen LogP contribution in [0, 0.1) is 0 Å². The molecule has 0 radical (unpaired) electrons. The Bertz CT molecular complexity index is 896. The largest absolute Gasteiger partial charge is 0.481 e. The van der Waals surface area contributed by atoms with E-state index < -0.39 is 6.10 Å². The standard InChI is InChI=1S/C25H32N2O4/c1-5-22(31-19-12-10-18(11-13-19)25(2,3)4)23(28)26-21-9-7-6-8-20(21)24(29)27-14-16-30-17-15-27/h6-13,22H,5,14-17H2,1-4H3,(H,26,28). The lowest BCUT2D eigenvalue weighted by Gasteiger charge is -2.27. The number of nitrogens with one attached hydrogen (secondary N) is 1. The van der Waals surface area contributed by atoms with E-state index in [9.17, 15) is 9.59 Å². The number of benzene rings is 2. The Balaban J connectivity index is 1.70. The topological polar surface area (TPSA) is 67.9 Å². The summed E-state index contributed by atoms with van der Waals surface area (Å²) in [7, 11) is 0. The minimum absolute atomic E-state index is 0.0524. The first-order chi connectivity index (χ1) is 14.8. The Morgan fingerprint density at radius 3 is 2.32 bits per heavy atom. The van der Waals surface area contributed by atoms with Crippen molar-refractivity contribution in [3.63, 3.8) is 0 Å². The number of rotatable bonds is 6. The monoisotopic (exact) mass is 424 g/mol. The molecular formula is C25H32N2O4. The zero-order valence-electron chi connectivity index (χ0n) is 18.8. The molecule has 2 aromatic rings. The van der Waals surface area contributed by atoms with Gasteiger partial charge in [-0.1, -0.05) is 52.0 Å². The Morgan fingerprint density at radius 1 is 1.06 bits per heavy atom. The molecule has 166 valence electrons. The average Bonchev–Trinajstić information content (AvgIpc) is 2.77. The SMILES string of the molecule is CCC(Oc1ccc(C(C)(C)C)cc1)C(=O)Nc1ccccc1C(=O)N1CCOCC1. The van der Waals surface area contributed by atoms with Gasteiger partial charge < -0.3 is 19.7 Å². The van der Waals surface area contributed by atoms with Gasteiger partial charge in [0.05, 0.1) is 24.5 Å². The molecule has 2 aromatic carbocycles. The maximum atomic E-state index is 12.9. The zero-order chi connectivity index (χ0) is 22.4. The molecule has 6 nitrogen and oxygen atoms in total. The van der Waals surface area contributed by atoms with Gasteiger partial charge in [0.25, 0.3) is 11.8 Å². The van der Waals surface area contributed by atoms with E-state index in [4.69, 9.17) is 9.47 Å². The summed E-state index contributed by atoms with van der Waals surface area (Å²) in [4.78, 5) is 27.6. The second-order valence-corrected chi connectivity index (χ2v) is 8.73. The van der Waals surface area contributed by atoms with Gasteiger partial charge >= 0.3 is 0 Å². The van der Waals surface area contributed by atoms with Crippen LogP contribution in [0.1, 0.15) is 50.0 Å². The molecule has 1 saturated heterocycles.